The van der Waals surface area contributed by atoms with Crippen LogP contribution in [-0.4, -0.2) is 5.91 Å². The molecule has 1 aromatic rings. The number of amides is 1. The van der Waals surface area contributed by atoms with Gasteiger partial charge in [-0.25, -0.2) is 0 Å². The van der Waals surface area contributed by atoms with Crippen molar-refractivity contribution in [2.45, 2.75) is 12.3 Å². The Morgan fingerprint density at radius 1 is 1.38 bits per heavy atom. The highest BCUT2D eigenvalue weighted by atomic mass is 16.1. The maximum absolute atomic E-state index is 11.0. The van der Waals surface area contributed by atoms with Crippen LogP contribution in [0.1, 0.15) is 23.5 Å². The number of carbonyl (C=O) groups is 1. The van der Waals surface area contributed by atoms with Gasteiger partial charge in [-0.2, -0.15) is 0 Å². The zero-order valence-electron chi connectivity index (χ0n) is 7.16. The number of allylic oxidation sites excluding steroid dienone is 1. The van der Waals surface area contributed by atoms with Gasteiger partial charge in [0.1, 0.15) is 0 Å². The summed E-state index contributed by atoms with van der Waals surface area (Å²) in [6.07, 6.45) is 4.63. The zero-order chi connectivity index (χ0) is 9.26. The van der Waals surface area contributed by atoms with Gasteiger partial charge in [0.15, 0.2) is 0 Å². The van der Waals surface area contributed by atoms with Gasteiger partial charge in [-0.1, -0.05) is 36.4 Å². The van der Waals surface area contributed by atoms with Gasteiger partial charge < -0.3 is 0 Å². The second kappa shape index (κ2) is 3.05. The smallest absolute Gasteiger partial charge is 0.246 e. The number of rotatable bonds is 1. The van der Waals surface area contributed by atoms with E-state index in [0.717, 1.165) is 11.1 Å². The van der Waals surface area contributed by atoms with E-state index < -0.39 is 5.91 Å². The quantitative estimate of drug-likeness (QED) is 0.638. The number of hydrogen-bond donors (Lipinski definition) is 0. The monoisotopic (exact) mass is 172 g/mol. The minimum Gasteiger partial charge on any atom is -0.273 e. The molecule has 0 spiro atoms. The van der Waals surface area contributed by atoms with Crippen molar-refractivity contribution in [3.05, 3.63) is 41.5 Å². The minimum absolute atomic E-state index is 0.249. The van der Waals surface area contributed by atoms with Crippen molar-refractivity contribution in [3.63, 3.8) is 0 Å². The van der Waals surface area contributed by atoms with Crippen LogP contribution < -0.4 is 5.73 Å². The van der Waals surface area contributed by atoms with Crippen molar-refractivity contribution in [2.75, 3.05) is 0 Å². The first-order valence-electron chi connectivity index (χ1n) is 4.30. The van der Waals surface area contributed by atoms with Crippen LogP contribution >= 0.6 is 0 Å². The Labute approximate surface area is 77.1 Å². The number of fused-ring (bicyclic) bond motifs is 1. The molecule has 1 amide bonds. The van der Waals surface area contributed by atoms with Gasteiger partial charge in [0.05, 0.1) is 5.92 Å². The predicted molar refractivity (Wildman–Crippen MR) is 50.9 cm³/mol. The fourth-order valence-corrected chi connectivity index (χ4v) is 1.69. The second-order valence-corrected chi connectivity index (χ2v) is 3.18. The lowest BCUT2D eigenvalue weighted by Crippen LogP contribution is -2.15. The third-order valence-corrected chi connectivity index (χ3v) is 2.36. The highest BCUT2D eigenvalue weighted by Gasteiger charge is 2.21. The summed E-state index contributed by atoms with van der Waals surface area (Å²) in [6.45, 7) is 0. The van der Waals surface area contributed by atoms with Gasteiger partial charge in [0.2, 0.25) is 5.91 Å². The summed E-state index contributed by atoms with van der Waals surface area (Å²) < 4.78 is 0. The normalized spacial score (nSPS) is 19.5. The van der Waals surface area contributed by atoms with Gasteiger partial charge in [0.25, 0.3) is 0 Å². The zero-order valence-corrected chi connectivity index (χ0v) is 7.16. The Hall–Kier alpha value is -1.57. The Morgan fingerprint density at radius 2 is 2.15 bits per heavy atom. The molecular formula is C11H10NO. The molecule has 1 aromatic carbocycles. The summed E-state index contributed by atoms with van der Waals surface area (Å²) in [5, 5.41) is 0. The van der Waals surface area contributed by atoms with Crippen LogP contribution in [0.25, 0.3) is 6.08 Å². The third kappa shape index (κ3) is 1.35. The van der Waals surface area contributed by atoms with Crippen LogP contribution in [0, 0.1) is 0 Å². The largest absolute Gasteiger partial charge is 0.273 e. The molecule has 2 heteroatoms. The van der Waals surface area contributed by atoms with Crippen molar-refractivity contribution in [1.82, 2.24) is 5.73 Å². The molecule has 1 radical (unpaired) electrons. The summed E-state index contributed by atoms with van der Waals surface area (Å²) in [5.41, 5.74) is 9.19. The molecule has 1 aliphatic rings. The summed E-state index contributed by atoms with van der Waals surface area (Å²) in [4.78, 5) is 11.0. The van der Waals surface area contributed by atoms with Crippen molar-refractivity contribution in [1.29, 1.82) is 0 Å². The van der Waals surface area contributed by atoms with Crippen molar-refractivity contribution in [3.8, 4) is 0 Å². The van der Waals surface area contributed by atoms with E-state index in [4.69, 9.17) is 5.73 Å². The van der Waals surface area contributed by atoms with Gasteiger partial charge in [0, 0.05) is 0 Å². The molecule has 0 saturated heterocycles. The van der Waals surface area contributed by atoms with Gasteiger partial charge in [-0.3, -0.25) is 10.5 Å². The maximum atomic E-state index is 11.0. The standard InChI is InChI=1S/C11H10NO/c12-11(13)10-7-3-5-8-4-1-2-6-9(8)10/h1-6,10,12H,7H2. The van der Waals surface area contributed by atoms with E-state index in [1.165, 1.54) is 0 Å². The average molecular weight is 172 g/mol. The van der Waals surface area contributed by atoms with E-state index in [1.807, 2.05) is 36.4 Å². The number of hydrogen-bond acceptors (Lipinski definition) is 1. The first-order chi connectivity index (χ1) is 6.29. The molecule has 0 aliphatic heterocycles. The predicted octanol–water partition coefficient (Wildman–Crippen LogP) is 2.00. The van der Waals surface area contributed by atoms with Crippen molar-refractivity contribution in [2.24, 2.45) is 0 Å². The fraction of sp³-hybridized carbons (Fsp3) is 0.182. The summed E-state index contributed by atoms with van der Waals surface area (Å²) in [7, 11) is 0. The lowest BCUT2D eigenvalue weighted by atomic mass is 9.87. The van der Waals surface area contributed by atoms with Gasteiger partial charge in [-0.05, 0) is 17.5 Å². The van der Waals surface area contributed by atoms with E-state index in [2.05, 4.69) is 0 Å². The molecule has 2 rings (SSSR count). The summed E-state index contributed by atoms with van der Waals surface area (Å²) in [6, 6.07) is 7.75. The number of benzene rings is 1. The molecule has 1 unspecified atom stereocenters. The SMILES string of the molecule is [NH]C(=O)C1CC=Cc2ccccc21. The van der Waals surface area contributed by atoms with Crippen LogP contribution in [0.15, 0.2) is 30.3 Å². The number of carbonyl (C=O) groups excluding carboxylic acids is 1. The van der Waals surface area contributed by atoms with Crippen molar-refractivity contribution >= 4 is 12.0 Å². The minimum atomic E-state index is -0.489. The molecule has 0 aromatic heterocycles. The molecule has 1 N–H and O–H groups in total. The lowest BCUT2D eigenvalue weighted by molar-refractivity contribution is -0.120. The van der Waals surface area contributed by atoms with Gasteiger partial charge >= 0.3 is 0 Å². The van der Waals surface area contributed by atoms with Crippen LogP contribution in [0.2, 0.25) is 0 Å². The molecule has 1 aliphatic carbocycles. The van der Waals surface area contributed by atoms with E-state index >= 15 is 0 Å². The molecule has 2 nitrogen and oxygen atoms in total. The lowest BCUT2D eigenvalue weighted by Gasteiger charge is -2.17. The highest BCUT2D eigenvalue weighted by Crippen LogP contribution is 2.29. The Morgan fingerprint density at radius 3 is 2.92 bits per heavy atom. The molecule has 13 heavy (non-hydrogen) atoms. The van der Waals surface area contributed by atoms with E-state index in [9.17, 15) is 4.79 Å². The van der Waals surface area contributed by atoms with E-state index in [0.29, 0.717) is 6.42 Å². The summed E-state index contributed by atoms with van der Waals surface area (Å²) >= 11 is 0. The van der Waals surface area contributed by atoms with Crippen LogP contribution in [0.4, 0.5) is 0 Å². The first-order valence-corrected chi connectivity index (χ1v) is 4.30. The van der Waals surface area contributed by atoms with Crippen LogP contribution in [0.5, 0.6) is 0 Å². The first kappa shape index (κ1) is 8.05. The molecule has 0 bridgehead atoms. The summed E-state index contributed by atoms with van der Waals surface area (Å²) in [5.74, 6) is -0.738. The Kier molecular flexibility index (Phi) is 1.89. The maximum Gasteiger partial charge on any atom is 0.246 e. The molecule has 1 atom stereocenters. The second-order valence-electron chi connectivity index (χ2n) is 3.18. The van der Waals surface area contributed by atoms with E-state index in [1.54, 1.807) is 0 Å². The topological polar surface area (TPSA) is 40.9 Å². The Bertz CT molecular complexity index is 368. The molecule has 65 valence electrons. The van der Waals surface area contributed by atoms with E-state index in [-0.39, 0.29) is 5.92 Å². The third-order valence-electron chi connectivity index (χ3n) is 2.36. The van der Waals surface area contributed by atoms with Crippen molar-refractivity contribution < 1.29 is 4.79 Å². The van der Waals surface area contributed by atoms with Crippen LogP contribution in [-0.2, 0) is 4.79 Å². The van der Waals surface area contributed by atoms with Crippen LogP contribution in [0.3, 0.4) is 0 Å². The molecule has 0 heterocycles. The fourth-order valence-electron chi connectivity index (χ4n) is 1.69. The molecular weight excluding hydrogens is 162 g/mol. The Balaban J connectivity index is 2.49. The van der Waals surface area contributed by atoms with Gasteiger partial charge in [-0.15, -0.1) is 0 Å². The average Bonchev–Trinajstić information content (AvgIpc) is 2.17. The molecule has 0 fully saturated rings. The molecule has 0 saturated carbocycles. The highest BCUT2D eigenvalue weighted by molar-refractivity contribution is 5.84. The number of nitrogens with one attached hydrogen (secondary N) is 1.